The monoisotopic (exact) mass is 301 g/mol. The highest BCUT2D eigenvalue weighted by atomic mass is 16.5. The van der Waals surface area contributed by atoms with Crippen LogP contribution in [-0.2, 0) is 13.6 Å². The number of hydrogen-bond donors (Lipinski definition) is 0. The molecule has 0 aromatic carbocycles. The van der Waals surface area contributed by atoms with E-state index >= 15 is 0 Å². The molecule has 0 unspecified atom stereocenters. The number of hydrogen-bond acceptors (Lipinski definition) is 4. The fourth-order valence-corrected chi connectivity index (χ4v) is 3.48. The van der Waals surface area contributed by atoms with E-state index in [0.717, 1.165) is 36.5 Å². The van der Waals surface area contributed by atoms with Crippen LogP contribution in [0.5, 0.6) is 0 Å². The molecule has 1 saturated heterocycles. The van der Waals surface area contributed by atoms with Crippen molar-refractivity contribution >= 4 is 5.78 Å². The molecule has 0 aliphatic carbocycles. The number of carbonyl (C=O) groups is 1. The Kier molecular flexibility index (Phi) is 3.91. The molecular formula is C17H23N3O2. The van der Waals surface area contributed by atoms with Crippen LogP contribution in [0.15, 0.2) is 16.8 Å². The summed E-state index contributed by atoms with van der Waals surface area (Å²) in [7, 11) is 2.00. The zero-order valence-corrected chi connectivity index (χ0v) is 13.7. The van der Waals surface area contributed by atoms with Gasteiger partial charge in [0.25, 0.3) is 0 Å². The van der Waals surface area contributed by atoms with Crippen molar-refractivity contribution in [3.63, 3.8) is 0 Å². The number of carbonyl (C=O) groups excluding carboxylic acids is 1. The molecule has 0 N–H and O–H groups in total. The molecule has 3 rings (SSSR count). The van der Waals surface area contributed by atoms with Gasteiger partial charge in [0, 0.05) is 42.7 Å². The van der Waals surface area contributed by atoms with Crippen LogP contribution in [0.4, 0.5) is 0 Å². The van der Waals surface area contributed by atoms with E-state index < -0.39 is 0 Å². The summed E-state index contributed by atoms with van der Waals surface area (Å²) < 4.78 is 7.39. The summed E-state index contributed by atoms with van der Waals surface area (Å²) in [4.78, 5) is 14.0. The van der Waals surface area contributed by atoms with Crippen LogP contribution in [0.25, 0.3) is 0 Å². The van der Waals surface area contributed by atoms with Gasteiger partial charge in [0.1, 0.15) is 5.76 Å². The van der Waals surface area contributed by atoms with E-state index in [1.54, 1.807) is 6.92 Å². The third-order valence-corrected chi connectivity index (χ3v) is 4.66. The zero-order valence-electron chi connectivity index (χ0n) is 13.7. The predicted octanol–water partition coefficient (Wildman–Crippen LogP) is 3.17. The quantitative estimate of drug-likeness (QED) is 0.814. The SMILES string of the molecule is CC(=O)c1cc(CN2CCC[C@H]2c2c(C)noc2C)n(C)c1. The van der Waals surface area contributed by atoms with E-state index in [9.17, 15) is 4.79 Å². The average molecular weight is 301 g/mol. The lowest BCUT2D eigenvalue weighted by Crippen LogP contribution is -2.24. The van der Waals surface area contributed by atoms with Crippen LogP contribution in [0, 0.1) is 13.8 Å². The van der Waals surface area contributed by atoms with E-state index in [-0.39, 0.29) is 5.78 Å². The van der Waals surface area contributed by atoms with Gasteiger partial charge in [-0.25, -0.2) is 0 Å². The van der Waals surface area contributed by atoms with Crippen molar-refractivity contribution in [2.75, 3.05) is 6.54 Å². The van der Waals surface area contributed by atoms with E-state index in [1.807, 2.05) is 33.2 Å². The van der Waals surface area contributed by atoms with Crippen molar-refractivity contribution in [3.8, 4) is 0 Å². The lowest BCUT2D eigenvalue weighted by molar-refractivity contribution is 0.101. The molecule has 1 fully saturated rings. The standard InChI is InChI=1S/C17H23N3O2/c1-11-17(13(3)22-18-11)16-6-5-7-20(16)10-15-8-14(12(2)21)9-19(15)4/h8-9,16H,5-7,10H2,1-4H3/t16-/m0/s1. The third-order valence-electron chi connectivity index (χ3n) is 4.66. The highest BCUT2D eigenvalue weighted by Gasteiger charge is 2.31. The fourth-order valence-electron chi connectivity index (χ4n) is 3.48. The molecule has 5 heteroatoms. The smallest absolute Gasteiger partial charge is 0.161 e. The summed E-state index contributed by atoms with van der Waals surface area (Å²) in [5.74, 6) is 1.04. The van der Waals surface area contributed by atoms with Crippen LogP contribution in [0.3, 0.4) is 0 Å². The summed E-state index contributed by atoms with van der Waals surface area (Å²) in [6.07, 6.45) is 4.23. The maximum Gasteiger partial charge on any atom is 0.161 e. The Morgan fingerprint density at radius 2 is 2.23 bits per heavy atom. The molecular weight excluding hydrogens is 278 g/mol. The van der Waals surface area contributed by atoms with Gasteiger partial charge < -0.3 is 9.09 Å². The van der Waals surface area contributed by atoms with Gasteiger partial charge in [0.15, 0.2) is 5.78 Å². The maximum atomic E-state index is 11.5. The largest absolute Gasteiger partial charge is 0.361 e. The molecule has 0 amide bonds. The molecule has 0 radical (unpaired) electrons. The molecule has 0 saturated carbocycles. The van der Waals surface area contributed by atoms with Crippen LogP contribution in [0.2, 0.25) is 0 Å². The van der Waals surface area contributed by atoms with E-state index in [0.29, 0.717) is 6.04 Å². The van der Waals surface area contributed by atoms with Crippen LogP contribution in [0.1, 0.15) is 58.9 Å². The number of aryl methyl sites for hydroxylation is 3. The number of Topliss-reactive ketones (excluding diaryl/α,β-unsaturated/α-hetero) is 1. The molecule has 1 aliphatic rings. The molecule has 1 aliphatic heterocycles. The zero-order chi connectivity index (χ0) is 15.9. The second kappa shape index (κ2) is 5.72. The Morgan fingerprint density at radius 1 is 1.45 bits per heavy atom. The molecule has 118 valence electrons. The normalized spacial score (nSPS) is 19.0. The highest BCUT2D eigenvalue weighted by molar-refractivity contribution is 5.94. The first-order valence-electron chi connectivity index (χ1n) is 7.80. The average Bonchev–Trinajstić information content (AvgIpc) is 3.13. The number of rotatable bonds is 4. The lowest BCUT2D eigenvalue weighted by Gasteiger charge is -2.24. The van der Waals surface area contributed by atoms with E-state index in [2.05, 4.69) is 14.6 Å². The summed E-state index contributed by atoms with van der Waals surface area (Å²) in [5, 5.41) is 4.10. The summed E-state index contributed by atoms with van der Waals surface area (Å²) in [6, 6.07) is 2.37. The predicted molar refractivity (Wildman–Crippen MR) is 83.8 cm³/mol. The summed E-state index contributed by atoms with van der Waals surface area (Å²) in [5.41, 5.74) is 4.18. The topological polar surface area (TPSA) is 51.3 Å². The van der Waals surface area contributed by atoms with Crippen molar-refractivity contribution in [2.45, 2.75) is 46.2 Å². The Hall–Kier alpha value is -1.88. The van der Waals surface area contributed by atoms with Gasteiger partial charge >= 0.3 is 0 Å². The van der Waals surface area contributed by atoms with Crippen molar-refractivity contribution in [2.24, 2.45) is 7.05 Å². The Morgan fingerprint density at radius 3 is 2.82 bits per heavy atom. The second-order valence-corrected chi connectivity index (χ2v) is 6.25. The van der Waals surface area contributed by atoms with Crippen molar-refractivity contribution in [3.05, 3.63) is 40.5 Å². The van der Waals surface area contributed by atoms with Gasteiger partial charge in [-0.3, -0.25) is 9.69 Å². The van der Waals surface area contributed by atoms with E-state index in [1.165, 1.54) is 17.7 Å². The highest BCUT2D eigenvalue weighted by Crippen LogP contribution is 2.36. The number of likely N-dealkylation sites (tertiary alicyclic amines) is 1. The van der Waals surface area contributed by atoms with Crippen molar-refractivity contribution < 1.29 is 9.32 Å². The van der Waals surface area contributed by atoms with E-state index in [4.69, 9.17) is 4.52 Å². The minimum absolute atomic E-state index is 0.116. The molecule has 2 aromatic rings. The number of nitrogens with zero attached hydrogens (tertiary/aromatic N) is 3. The minimum atomic E-state index is 0.116. The number of aromatic nitrogens is 2. The molecule has 22 heavy (non-hydrogen) atoms. The molecule has 0 bridgehead atoms. The minimum Gasteiger partial charge on any atom is -0.361 e. The first-order valence-corrected chi connectivity index (χ1v) is 7.80. The molecule has 2 aromatic heterocycles. The molecule has 0 spiro atoms. The van der Waals surface area contributed by atoms with Gasteiger partial charge in [0.05, 0.1) is 5.69 Å². The lowest BCUT2D eigenvalue weighted by atomic mass is 10.0. The third kappa shape index (κ3) is 2.61. The van der Waals surface area contributed by atoms with Gasteiger partial charge in [-0.2, -0.15) is 0 Å². The Balaban J connectivity index is 1.84. The fraction of sp³-hybridized carbons (Fsp3) is 0.529. The maximum absolute atomic E-state index is 11.5. The second-order valence-electron chi connectivity index (χ2n) is 6.25. The van der Waals surface area contributed by atoms with Crippen LogP contribution < -0.4 is 0 Å². The summed E-state index contributed by atoms with van der Waals surface area (Å²) in [6.45, 7) is 7.52. The van der Waals surface area contributed by atoms with Crippen molar-refractivity contribution in [1.82, 2.24) is 14.6 Å². The first-order chi connectivity index (χ1) is 10.5. The van der Waals surface area contributed by atoms with Crippen LogP contribution in [-0.4, -0.2) is 27.0 Å². The molecule has 5 nitrogen and oxygen atoms in total. The van der Waals surface area contributed by atoms with Gasteiger partial charge in [-0.1, -0.05) is 5.16 Å². The Labute approximate surface area is 130 Å². The first kappa shape index (κ1) is 15.0. The Bertz CT molecular complexity index is 679. The van der Waals surface area contributed by atoms with Gasteiger partial charge in [-0.05, 0) is 46.2 Å². The van der Waals surface area contributed by atoms with Gasteiger partial charge in [-0.15, -0.1) is 0 Å². The molecule has 1 atom stereocenters. The van der Waals surface area contributed by atoms with Gasteiger partial charge in [0.2, 0.25) is 0 Å². The molecule has 3 heterocycles. The van der Waals surface area contributed by atoms with Crippen LogP contribution >= 0.6 is 0 Å². The van der Waals surface area contributed by atoms with Crippen molar-refractivity contribution in [1.29, 1.82) is 0 Å². The summed E-state index contributed by atoms with van der Waals surface area (Å²) >= 11 is 0. The number of ketones is 1.